The van der Waals surface area contributed by atoms with E-state index in [1.807, 2.05) is 60.7 Å². The van der Waals surface area contributed by atoms with Crippen molar-refractivity contribution in [1.82, 2.24) is 10.2 Å². The van der Waals surface area contributed by atoms with Crippen molar-refractivity contribution in [2.45, 2.75) is 39.0 Å². The van der Waals surface area contributed by atoms with Crippen molar-refractivity contribution in [3.05, 3.63) is 83.9 Å². The molecular weight excluding hydrogens is 426 g/mol. The van der Waals surface area contributed by atoms with Gasteiger partial charge in [-0.1, -0.05) is 45.0 Å². The fraction of sp³-hybridized carbons (Fsp3) is 0.250. The van der Waals surface area contributed by atoms with Crippen LogP contribution < -0.4 is 5.32 Å². The molecule has 0 fully saturated rings. The molecule has 6 heteroatoms. The second kappa shape index (κ2) is 9.91. The maximum Gasteiger partial charge on any atom is 0.305 e. The van der Waals surface area contributed by atoms with Crippen molar-refractivity contribution in [2.75, 3.05) is 12.4 Å². The molecule has 34 heavy (non-hydrogen) atoms. The topological polar surface area (TPSA) is 77.2 Å². The molecule has 1 heterocycles. The van der Waals surface area contributed by atoms with Crippen LogP contribution in [0.25, 0.3) is 22.9 Å². The summed E-state index contributed by atoms with van der Waals surface area (Å²) in [5, 5.41) is 11.8. The van der Waals surface area contributed by atoms with Gasteiger partial charge < -0.3 is 14.5 Å². The lowest BCUT2D eigenvalue weighted by Crippen LogP contribution is -2.10. The second-order valence-corrected chi connectivity index (χ2v) is 9.22. The van der Waals surface area contributed by atoms with Crippen LogP contribution >= 0.6 is 0 Å². The van der Waals surface area contributed by atoms with Gasteiger partial charge in [-0.3, -0.25) is 4.79 Å². The normalized spacial score (nSPS) is 11.3. The minimum absolute atomic E-state index is 0.0981. The maximum atomic E-state index is 11.3. The number of carbonyl (C=O) groups excluding carboxylic acids is 1. The highest BCUT2D eigenvalue weighted by molar-refractivity contribution is 5.69. The summed E-state index contributed by atoms with van der Waals surface area (Å²) in [6.45, 7) is 6.57. The van der Waals surface area contributed by atoms with Crippen LogP contribution in [-0.4, -0.2) is 23.3 Å². The lowest BCUT2D eigenvalue weighted by Gasteiger charge is -2.18. The van der Waals surface area contributed by atoms with E-state index in [1.165, 1.54) is 12.7 Å². The minimum Gasteiger partial charge on any atom is -0.469 e. The highest BCUT2D eigenvalue weighted by Gasteiger charge is 2.15. The maximum absolute atomic E-state index is 11.3. The number of nitrogens with zero attached hydrogens (tertiary/aromatic N) is 2. The predicted molar refractivity (Wildman–Crippen MR) is 134 cm³/mol. The van der Waals surface area contributed by atoms with E-state index in [0.29, 0.717) is 24.6 Å². The van der Waals surface area contributed by atoms with Crippen LogP contribution in [0.4, 0.5) is 11.4 Å². The van der Waals surface area contributed by atoms with Gasteiger partial charge >= 0.3 is 5.97 Å². The van der Waals surface area contributed by atoms with Gasteiger partial charge in [0.05, 0.1) is 7.11 Å². The average Bonchev–Trinajstić information content (AvgIpc) is 3.34. The van der Waals surface area contributed by atoms with Crippen molar-refractivity contribution in [3.8, 4) is 22.9 Å². The average molecular weight is 456 g/mol. The third kappa shape index (κ3) is 5.70. The summed E-state index contributed by atoms with van der Waals surface area (Å²) in [6.07, 6.45) is 1.04. The zero-order chi connectivity index (χ0) is 24.1. The molecule has 0 bridgehead atoms. The van der Waals surface area contributed by atoms with Gasteiger partial charge in [-0.25, -0.2) is 0 Å². The molecular formula is C28H29N3O3. The van der Waals surface area contributed by atoms with Gasteiger partial charge in [0.2, 0.25) is 11.8 Å². The molecule has 0 aliphatic carbocycles. The largest absolute Gasteiger partial charge is 0.469 e. The molecule has 0 aliphatic rings. The molecule has 0 spiro atoms. The number of hydrogen-bond donors (Lipinski definition) is 1. The molecule has 3 aromatic carbocycles. The van der Waals surface area contributed by atoms with E-state index < -0.39 is 0 Å². The number of nitrogens with one attached hydrogen (secondary N) is 1. The number of anilines is 2. The van der Waals surface area contributed by atoms with Crippen molar-refractivity contribution in [3.63, 3.8) is 0 Å². The molecule has 4 aromatic rings. The molecule has 0 aliphatic heterocycles. The highest BCUT2D eigenvalue weighted by atomic mass is 16.5. The van der Waals surface area contributed by atoms with Crippen molar-refractivity contribution in [2.24, 2.45) is 0 Å². The lowest BCUT2D eigenvalue weighted by atomic mass is 9.87. The molecule has 0 unspecified atom stereocenters. The standard InChI is InChI=1S/C28H29N3O3/c1-28(2,3)22-12-8-20(9-13-22)26-30-31-27(34-26)21-10-16-24(17-11-21)29-23-14-5-19(6-15-23)7-18-25(32)33-4/h5-6,8-17,29H,7,18H2,1-4H3. The van der Waals surface area contributed by atoms with E-state index in [-0.39, 0.29) is 11.4 Å². The Kier molecular flexibility index (Phi) is 6.77. The number of benzene rings is 3. The van der Waals surface area contributed by atoms with Gasteiger partial charge in [-0.15, -0.1) is 10.2 Å². The third-order valence-corrected chi connectivity index (χ3v) is 5.64. The summed E-state index contributed by atoms with van der Waals surface area (Å²) in [5.74, 6) is 0.787. The van der Waals surface area contributed by atoms with E-state index in [9.17, 15) is 4.79 Å². The number of ether oxygens (including phenoxy) is 1. The number of aryl methyl sites for hydroxylation is 1. The zero-order valence-corrected chi connectivity index (χ0v) is 20.0. The van der Waals surface area contributed by atoms with E-state index in [1.54, 1.807) is 0 Å². The Balaban J connectivity index is 1.39. The van der Waals surface area contributed by atoms with Crippen LogP contribution in [0.1, 0.15) is 38.3 Å². The number of methoxy groups -OCH3 is 1. The van der Waals surface area contributed by atoms with Gasteiger partial charge in [-0.05, 0) is 71.5 Å². The lowest BCUT2D eigenvalue weighted by molar-refractivity contribution is -0.140. The first-order chi connectivity index (χ1) is 16.3. The van der Waals surface area contributed by atoms with Crippen LogP contribution in [-0.2, 0) is 21.4 Å². The van der Waals surface area contributed by atoms with Gasteiger partial charge in [0.1, 0.15) is 0 Å². The smallest absolute Gasteiger partial charge is 0.305 e. The summed E-state index contributed by atoms with van der Waals surface area (Å²) in [6, 6.07) is 24.1. The van der Waals surface area contributed by atoms with Crippen LogP contribution in [0, 0.1) is 0 Å². The summed E-state index contributed by atoms with van der Waals surface area (Å²) in [7, 11) is 1.41. The monoisotopic (exact) mass is 455 g/mol. The fourth-order valence-corrected chi connectivity index (χ4v) is 3.54. The first-order valence-corrected chi connectivity index (χ1v) is 11.3. The number of esters is 1. The third-order valence-electron chi connectivity index (χ3n) is 5.64. The Hall–Kier alpha value is -3.93. The molecule has 174 valence electrons. The van der Waals surface area contributed by atoms with E-state index in [0.717, 1.165) is 28.1 Å². The Morgan fingerprint density at radius 1 is 0.824 bits per heavy atom. The van der Waals surface area contributed by atoms with Gasteiger partial charge in [0, 0.05) is 28.9 Å². The first-order valence-electron chi connectivity index (χ1n) is 11.3. The number of aromatic nitrogens is 2. The van der Waals surface area contributed by atoms with Crippen molar-refractivity contribution < 1.29 is 13.9 Å². The Morgan fingerprint density at radius 2 is 1.32 bits per heavy atom. The summed E-state index contributed by atoms with van der Waals surface area (Å²) in [4.78, 5) is 11.3. The predicted octanol–water partition coefficient (Wildman–Crippen LogP) is 6.55. The number of hydrogen-bond acceptors (Lipinski definition) is 6. The summed E-state index contributed by atoms with van der Waals surface area (Å²) >= 11 is 0. The van der Waals surface area contributed by atoms with Crippen LogP contribution in [0.15, 0.2) is 77.2 Å². The SMILES string of the molecule is COC(=O)CCc1ccc(Nc2ccc(-c3nnc(-c4ccc(C(C)(C)C)cc4)o3)cc2)cc1. The second-order valence-electron chi connectivity index (χ2n) is 9.22. The molecule has 1 N–H and O–H groups in total. The molecule has 0 amide bonds. The van der Waals surface area contributed by atoms with E-state index in [4.69, 9.17) is 4.42 Å². The molecule has 0 atom stereocenters. The molecule has 6 nitrogen and oxygen atoms in total. The van der Waals surface area contributed by atoms with Gasteiger partial charge in [0.25, 0.3) is 0 Å². The first kappa shape index (κ1) is 23.2. The van der Waals surface area contributed by atoms with Crippen molar-refractivity contribution >= 4 is 17.3 Å². The highest BCUT2D eigenvalue weighted by Crippen LogP contribution is 2.28. The molecule has 4 rings (SSSR count). The number of rotatable bonds is 7. The molecule has 0 saturated heterocycles. The Bertz CT molecular complexity index is 1240. The van der Waals surface area contributed by atoms with Gasteiger partial charge in [-0.2, -0.15) is 0 Å². The van der Waals surface area contributed by atoms with Crippen molar-refractivity contribution in [1.29, 1.82) is 0 Å². The molecule has 0 saturated carbocycles. The quantitative estimate of drug-likeness (QED) is 0.318. The van der Waals surface area contributed by atoms with Crippen LogP contribution in [0.3, 0.4) is 0 Å². The van der Waals surface area contributed by atoms with E-state index >= 15 is 0 Å². The van der Waals surface area contributed by atoms with Crippen LogP contribution in [0.5, 0.6) is 0 Å². The zero-order valence-electron chi connectivity index (χ0n) is 20.0. The summed E-state index contributed by atoms with van der Waals surface area (Å²) < 4.78 is 10.6. The number of carbonyl (C=O) groups is 1. The molecule has 0 radical (unpaired) electrons. The Labute approximate surface area is 200 Å². The molecule has 1 aromatic heterocycles. The summed E-state index contributed by atoms with van der Waals surface area (Å²) in [5.41, 5.74) is 6.12. The minimum atomic E-state index is -0.200. The van der Waals surface area contributed by atoms with E-state index in [2.05, 4.69) is 53.2 Å². The fourth-order valence-electron chi connectivity index (χ4n) is 3.54. The van der Waals surface area contributed by atoms with Crippen LogP contribution in [0.2, 0.25) is 0 Å². The Morgan fingerprint density at radius 3 is 1.82 bits per heavy atom. The van der Waals surface area contributed by atoms with Gasteiger partial charge in [0.15, 0.2) is 0 Å².